The van der Waals surface area contributed by atoms with Gasteiger partial charge in [-0.3, -0.25) is 49.2 Å². The van der Waals surface area contributed by atoms with E-state index in [-0.39, 0.29) is 47.1 Å². The van der Waals surface area contributed by atoms with Gasteiger partial charge >= 0.3 is 0 Å². The average Bonchev–Trinajstić information content (AvgIpc) is 0.652. The van der Waals surface area contributed by atoms with Gasteiger partial charge in [-0.15, -0.1) is 0 Å². The molecule has 19 heteroatoms. The van der Waals surface area contributed by atoms with E-state index in [1.54, 1.807) is 83.2 Å². The molecule has 6 aromatic rings. The number of nitrogens with one attached hydrogen (secondary N) is 6. The van der Waals surface area contributed by atoms with Crippen molar-refractivity contribution in [3.63, 3.8) is 0 Å². The van der Waals surface area contributed by atoms with Crippen molar-refractivity contribution in [1.82, 2.24) is 42.2 Å². The summed E-state index contributed by atoms with van der Waals surface area (Å²) in [5.41, 5.74) is 14.1. The van der Waals surface area contributed by atoms with Crippen LogP contribution in [0.25, 0.3) is 0 Å². The molecule has 2 aliphatic heterocycles. The van der Waals surface area contributed by atoms with E-state index in [1.165, 1.54) is 56.4 Å². The molecule has 100 heavy (non-hydrogen) atoms. The second-order valence-electron chi connectivity index (χ2n) is 29.0. The van der Waals surface area contributed by atoms with E-state index in [2.05, 4.69) is 91.7 Å². The summed E-state index contributed by atoms with van der Waals surface area (Å²) in [4.78, 5) is 88.0. The van der Waals surface area contributed by atoms with Gasteiger partial charge in [-0.25, -0.2) is 16.4 Å². The van der Waals surface area contributed by atoms with Crippen LogP contribution in [0.1, 0.15) is 242 Å². The number of Topliss-reactive ketones (excluding diaryl/α,β-unsaturated/α-hetero) is 2. The summed E-state index contributed by atoms with van der Waals surface area (Å²) >= 11 is 0. The molecule has 5 amide bonds. The van der Waals surface area contributed by atoms with Crippen LogP contribution in [0.3, 0.4) is 0 Å². The van der Waals surface area contributed by atoms with Crippen LogP contribution in [0.4, 0.5) is 0 Å². The summed E-state index contributed by atoms with van der Waals surface area (Å²) in [5.74, 6) is 0.346. The van der Waals surface area contributed by atoms with E-state index < -0.39 is 29.7 Å². The second kappa shape index (κ2) is 40.8. The first-order valence-corrected chi connectivity index (χ1v) is 35.3. The smallest absolute Gasteiger partial charge is 0.274 e. The van der Waals surface area contributed by atoms with Gasteiger partial charge in [0.15, 0.2) is 5.78 Å². The molecule has 8 rings (SSSR count). The first kappa shape index (κ1) is 82.4. The molecule has 2 heterocycles. The highest BCUT2D eigenvalue weighted by molar-refractivity contribution is 5.97. The summed E-state index contributed by atoms with van der Waals surface area (Å²) in [7, 11) is 2.11. The van der Waals surface area contributed by atoms with Crippen molar-refractivity contribution in [2.75, 3.05) is 46.4 Å². The summed E-state index contributed by atoms with van der Waals surface area (Å²) in [6.07, 6.45) is 9.40. The summed E-state index contributed by atoms with van der Waals surface area (Å²) in [5, 5.41) is 44.7. The zero-order valence-corrected chi connectivity index (χ0v) is 61.3. The lowest BCUT2D eigenvalue weighted by atomic mass is 9.82. The Balaban J connectivity index is 0.000000244. The molecule has 0 saturated carbocycles. The third-order valence-corrected chi connectivity index (χ3v) is 18.9. The maximum Gasteiger partial charge on any atom is 0.274 e. The van der Waals surface area contributed by atoms with Gasteiger partial charge in [0.25, 0.3) is 23.6 Å². The van der Waals surface area contributed by atoms with Crippen LogP contribution < -0.4 is 32.4 Å². The molecule has 19 nitrogen and oxygen atoms in total. The zero-order valence-electron chi connectivity index (χ0n) is 61.3. The fourth-order valence-corrected chi connectivity index (χ4v) is 12.3. The lowest BCUT2D eigenvalue weighted by molar-refractivity contribution is -0.129. The minimum absolute atomic E-state index is 0.0106. The Bertz CT molecular complexity index is 3510. The maximum absolute atomic E-state index is 12.7. The minimum Gasteiger partial charge on any atom is -0.388 e. The van der Waals surface area contributed by atoms with Crippen molar-refractivity contribution in [2.24, 2.45) is 28.6 Å². The van der Waals surface area contributed by atoms with Crippen molar-refractivity contribution >= 4 is 41.1 Å². The molecule has 4 atom stereocenters. The number of carbonyl (C=O) groups is 7. The van der Waals surface area contributed by atoms with Crippen LogP contribution in [0, 0.1) is 35.5 Å². The third kappa shape index (κ3) is 26.4. The number of aliphatic hydroxyl groups is 1. The van der Waals surface area contributed by atoms with Crippen LogP contribution in [-0.2, 0) is 22.6 Å². The standard InChI is InChI=1S/C26H35N3O3.C20H24N2O3.C18H28N2O2.C17H25NO3/c1-18(2)25(22-8-10-23(11-9-22)26(31)28-32)27-17-20-6-4-19(5-7-20)16-24(30)21-12-14-29(3)15-13-21;1-13-7-5-6-8-16(13)19(24)21-17(20(2,3)4)14-9-11-15(12-10-14)18(23)22-25;1-3-20-12-10-15(11-13-20)5-4-14(2)16-6-8-17(9-7-16)18(21)19-22;1-5-6-14(18-16(21)17(2,3)4)12-7-9-13(10-8-12)15(20)11-19/h4-11,18,21,25,27,32H,12-17H2,1-3H3,(H,28,31);5-12,17,25H,1-4H3,(H,21,24)(H,22,23);6-9,14-15,22H,3-5,10-13H2,1-2H3,(H,19,21);7-10,14,19H,5-6,11H2,1-4H3,(H,18,21)/t25-;;2*14-/m1.00/s1. The van der Waals surface area contributed by atoms with Gasteiger partial charge in [0.1, 0.15) is 12.4 Å². The molecule has 10 N–H and O–H groups in total. The van der Waals surface area contributed by atoms with Crippen LogP contribution in [0.2, 0.25) is 0 Å². The highest BCUT2D eigenvalue weighted by Crippen LogP contribution is 2.34. The number of hydrogen-bond donors (Lipinski definition) is 10. The summed E-state index contributed by atoms with van der Waals surface area (Å²) in [6.45, 7) is 30.5. The van der Waals surface area contributed by atoms with Gasteiger partial charge in [-0.05, 0) is 196 Å². The molecule has 2 aliphatic rings. The lowest BCUT2D eigenvalue weighted by Gasteiger charge is -2.32. The molecule has 542 valence electrons. The number of aliphatic hydroxyl groups excluding tert-OH is 1. The first-order valence-electron chi connectivity index (χ1n) is 35.3. The Labute approximate surface area is 593 Å². The molecule has 0 radical (unpaired) electrons. The van der Waals surface area contributed by atoms with Gasteiger partial charge in [0.2, 0.25) is 5.91 Å². The summed E-state index contributed by atoms with van der Waals surface area (Å²) < 4.78 is 0. The largest absolute Gasteiger partial charge is 0.388 e. The number of benzene rings is 6. The topological polar surface area (TPSA) is 279 Å². The average molecular weight is 1370 g/mol. The van der Waals surface area contributed by atoms with Crippen molar-refractivity contribution in [3.8, 4) is 0 Å². The maximum atomic E-state index is 12.7. The predicted octanol–water partition coefficient (Wildman–Crippen LogP) is 13.7. The molecule has 0 spiro atoms. The molecular formula is C81H112N8O11. The summed E-state index contributed by atoms with van der Waals surface area (Å²) in [6, 6.07) is 44.3. The number of piperidine rings is 2. The zero-order chi connectivity index (χ0) is 73.7. The second-order valence-corrected chi connectivity index (χ2v) is 29.0. The molecule has 6 aromatic carbocycles. The van der Waals surface area contributed by atoms with Gasteiger partial charge in [-0.1, -0.05) is 186 Å². The Kier molecular flexibility index (Phi) is 33.7. The number of ketones is 2. The van der Waals surface area contributed by atoms with E-state index in [1.807, 2.05) is 103 Å². The van der Waals surface area contributed by atoms with Crippen molar-refractivity contribution < 1.29 is 54.3 Å². The number of carbonyl (C=O) groups excluding carboxylic acids is 7. The number of likely N-dealkylation sites (tertiary alicyclic amines) is 2. The third-order valence-electron chi connectivity index (χ3n) is 18.9. The molecule has 2 fully saturated rings. The number of hydroxylamine groups is 3. The Morgan fingerprint density at radius 2 is 1.03 bits per heavy atom. The van der Waals surface area contributed by atoms with Gasteiger partial charge in [-0.2, -0.15) is 0 Å². The highest BCUT2D eigenvalue weighted by Gasteiger charge is 2.30. The fourth-order valence-electron chi connectivity index (χ4n) is 12.3. The molecule has 0 aromatic heterocycles. The van der Waals surface area contributed by atoms with Crippen LogP contribution in [0.5, 0.6) is 0 Å². The molecule has 0 aliphatic carbocycles. The Morgan fingerprint density at radius 1 is 0.550 bits per heavy atom. The molecule has 1 unspecified atom stereocenters. The van der Waals surface area contributed by atoms with Crippen molar-refractivity contribution in [1.29, 1.82) is 0 Å². The van der Waals surface area contributed by atoms with Crippen LogP contribution >= 0.6 is 0 Å². The predicted molar refractivity (Wildman–Crippen MR) is 393 cm³/mol. The highest BCUT2D eigenvalue weighted by atomic mass is 16.5. The van der Waals surface area contributed by atoms with Gasteiger partial charge < -0.3 is 30.9 Å². The Morgan fingerprint density at radius 3 is 1.49 bits per heavy atom. The van der Waals surface area contributed by atoms with Crippen LogP contribution in [0.15, 0.2) is 146 Å². The fraction of sp³-hybridized carbons (Fsp3) is 0.469. The number of nitrogens with zero attached hydrogens (tertiary/aromatic N) is 2. The van der Waals surface area contributed by atoms with Gasteiger partial charge in [0, 0.05) is 58.2 Å². The van der Waals surface area contributed by atoms with Crippen LogP contribution in [-0.4, -0.2) is 118 Å². The first-order chi connectivity index (χ1) is 47.5. The normalized spacial score (nSPS) is 14.9. The van der Waals surface area contributed by atoms with Crippen molar-refractivity contribution in [2.45, 2.75) is 171 Å². The quantitative estimate of drug-likeness (QED) is 0.0145. The molecule has 0 bridgehead atoms. The monoisotopic (exact) mass is 1370 g/mol. The minimum atomic E-state index is -0.567. The SMILES string of the molecule is CC(C)[C@@H](NCc1ccc(CC(=O)C2CCN(C)CC2)cc1)c1ccc(C(=O)NO)cc1.CCC[C@H](NC(=O)C(C)(C)C)c1ccc(C(=O)CO)cc1.CCN1CCC(CC[C@H](C)c2ccc(C(=O)NO)cc2)CC1.Cc1ccccc1C(=O)NC(c1ccc(C(=O)NO)cc1)C(C)(C)C. The van der Waals surface area contributed by atoms with E-state index in [4.69, 9.17) is 20.7 Å². The number of hydrogen-bond acceptors (Lipinski definition) is 14. The number of rotatable bonds is 25. The molecular weight excluding hydrogens is 1260 g/mol. The van der Waals surface area contributed by atoms with E-state index in [0.29, 0.717) is 58.4 Å². The number of amides is 5. The van der Waals surface area contributed by atoms with Gasteiger partial charge in [0.05, 0.1) is 12.1 Å². The Hall–Kier alpha value is -8.27. The van der Waals surface area contributed by atoms with E-state index >= 15 is 0 Å². The van der Waals surface area contributed by atoms with Crippen molar-refractivity contribution in [3.05, 3.63) is 212 Å². The number of aryl methyl sites for hydroxylation is 1. The van der Waals surface area contributed by atoms with E-state index in [9.17, 15) is 33.6 Å². The van der Waals surface area contributed by atoms with E-state index in [0.717, 1.165) is 72.5 Å². The molecule has 2 saturated heterocycles. The lowest BCUT2D eigenvalue weighted by Crippen LogP contribution is -2.37.